The maximum Gasteiger partial charge on any atom is 0.285 e. The van der Waals surface area contributed by atoms with E-state index in [1.807, 2.05) is 0 Å². The number of hydrogen-bond donors (Lipinski definition) is 2. The van der Waals surface area contributed by atoms with Gasteiger partial charge in [0.25, 0.3) is 5.69 Å². The summed E-state index contributed by atoms with van der Waals surface area (Å²) in [5, 5.41) is 10.6. The minimum atomic E-state index is -0.472. The van der Waals surface area contributed by atoms with Crippen molar-refractivity contribution < 1.29 is 4.92 Å². The van der Waals surface area contributed by atoms with E-state index in [4.69, 9.17) is 5.73 Å². The van der Waals surface area contributed by atoms with E-state index in [1.165, 1.54) is 6.07 Å². The van der Waals surface area contributed by atoms with E-state index in [0.29, 0.717) is 15.5 Å². The lowest BCUT2D eigenvalue weighted by Gasteiger charge is -1.94. The molecule has 1 aromatic carbocycles. The highest BCUT2D eigenvalue weighted by molar-refractivity contribution is 9.10. The second-order valence-corrected chi connectivity index (χ2v) is 3.55. The smallest absolute Gasteiger partial charge is 0.285 e. The standard InChI is InChI=1S/C7H5BrN4O2/c8-3-1-4-5(11-7(9)10-4)2-6(3)12(13)14/h1-2H,(H3,9,10,11). The molecule has 6 nitrogen and oxygen atoms in total. The lowest BCUT2D eigenvalue weighted by atomic mass is 10.3. The molecule has 0 aliphatic heterocycles. The number of nitro groups is 1. The first-order valence-corrected chi connectivity index (χ1v) is 4.46. The zero-order valence-corrected chi connectivity index (χ0v) is 8.41. The third-order valence-corrected chi connectivity index (χ3v) is 2.40. The van der Waals surface area contributed by atoms with E-state index in [-0.39, 0.29) is 11.6 Å². The Bertz CT molecular complexity index is 522. The van der Waals surface area contributed by atoms with Crippen molar-refractivity contribution in [3.05, 3.63) is 26.7 Å². The predicted octanol–water partition coefficient (Wildman–Crippen LogP) is 1.82. The quantitative estimate of drug-likeness (QED) is 0.601. The number of benzene rings is 1. The molecule has 3 N–H and O–H groups in total. The lowest BCUT2D eigenvalue weighted by molar-refractivity contribution is -0.385. The van der Waals surface area contributed by atoms with Crippen LogP contribution in [0, 0.1) is 10.1 Å². The summed E-state index contributed by atoms with van der Waals surface area (Å²) < 4.78 is 0.390. The third kappa shape index (κ3) is 1.31. The third-order valence-electron chi connectivity index (χ3n) is 1.77. The molecule has 2 aromatic rings. The number of nitrogen functional groups attached to an aromatic ring is 1. The van der Waals surface area contributed by atoms with Gasteiger partial charge in [-0.25, -0.2) is 4.98 Å². The number of aromatic nitrogens is 2. The summed E-state index contributed by atoms with van der Waals surface area (Å²) >= 11 is 3.09. The van der Waals surface area contributed by atoms with E-state index in [9.17, 15) is 10.1 Å². The minimum absolute atomic E-state index is 0.0128. The number of nitrogens with zero attached hydrogens (tertiary/aromatic N) is 2. The summed E-state index contributed by atoms with van der Waals surface area (Å²) in [7, 11) is 0. The summed E-state index contributed by atoms with van der Waals surface area (Å²) in [6.45, 7) is 0. The minimum Gasteiger partial charge on any atom is -0.369 e. The van der Waals surface area contributed by atoms with Crippen molar-refractivity contribution in [3.8, 4) is 0 Å². The van der Waals surface area contributed by atoms with E-state index in [1.54, 1.807) is 6.07 Å². The van der Waals surface area contributed by atoms with Gasteiger partial charge in [-0.1, -0.05) is 0 Å². The van der Waals surface area contributed by atoms with Gasteiger partial charge >= 0.3 is 0 Å². The number of rotatable bonds is 1. The van der Waals surface area contributed by atoms with Gasteiger partial charge in [0.2, 0.25) is 0 Å². The fraction of sp³-hybridized carbons (Fsp3) is 0. The first-order valence-electron chi connectivity index (χ1n) is 3.67. The van der Waals surface area contributed by atoms with Crippen LogP contribution in [0.25, 0.3) is 11.0 Å². The number of hydrogen-bond acceptors (Lipinski definition) is 4. The topological polar surface area (TPSA) is 97.8 Å². The molecule has 0 radical (unpaired) electrons. The molecule has 1 heterocycles. The molecule has 0 unspecified atom stereocenters. The van der Waals surface area contributed by atoms with Gasteiger partial charge in [0.1, 0.15) is 0 Å². The average Bonchev–Trinajstić information content (AvgIpc) is 2.42. The Hall–Kier alpha value is -1.63. The summed E-state index contributed by atoms with van der Waals surface area (Å²) in [4.78, 5) is 16.8. The van der Waals surface area contributed by atoms with Crippen molar-refractivity contribution in [1.29, 1.82) is 0 Å². The highest BCUT2D eigenvalue weighted by Crippen LogP contribution is 2.29. The summed E-state index contributed by atoms with van der Waals surface area (Å²) in [6.07, 6.45) is 0. The van der Waals surface area contributed by atoms with Gasteiger partial charge in [-0.05, 0) is 22.0 Å². The van der Waals surface area contributed by atoms with Gasteiger partial charge < -0.3 is 10.7 Å². The molecule has 0 fully saturated rings. The Kier molecular flexibility index (Phi) is 1.88. The molecule has 1 aromatic heterocycles. The molecule has 2 rings (SSSR count). The van der Waals surface area contributed by atoms with Crippen LogP contribution in [0.2, 0.25) is 0 Å². The van der Waals surface area contributed by atoms with E-state index < -0.39 is 4.92 Å². The molecule has 0 aliphatic rings. The first-order chi connectivity index (χ1) is 6.58. The largest absolute Gasteiger partial charge is 0.369 e. The summed E-state index contributed by atoms with van der Waals surface area (Å²) in [5.41, 5.74) is 6.55. The molecular formula is C7H5BrN4O2. The number of imidazole rings is 1. The molecule has 0 bridgehead atoms. The van der Waals surface area contributed by atoms with Crippen LogP contribution in [0.15, 0.2) is 16.6 Å². The van der Waals surface area contributed by atoms with Crippen molar-refractivity contribution in [2.75, 3.05) is 5.73 Å². The van der Waals surface area contributed by atoms with Crippen LogP contribution in [0.4, 0.5) is 11.6 Å². The molecule has 0 spiro atoms. The SMILES string of the molecule is Nc1nc2cc(Br)c([N+](=O)[O-])cc2[nH]1. The van der Waals surface area contributed by atoms with Gasteiger partial charge in [0.15, 0.2) is 5.95 Å². The number of H-pyrrole nitrogens is 1. The van der Waals surface area contributed by atoms with Gasteiger partial charge in [-0.15, -0.1) is 0 Å². The van der Waals surface area contributed by atoms with Crippen LogP contribution in [0.5, 0.6) is 0 Å². The molecule has 14 heavy (non-hydrogen) atoms. The van der Waals surface area contributed by atoms with Gasteiger partial charge in [-0.3, -0.25) is 10.1 Å². The van der Waals surface area contributed by atoms with Crippen molar-refractivity contribution in [2.24, 2.45) is 0 Å². The Morgan fingerprint density at radius 3 is 2.93 bits per heavy atom. The van der Waals surface area contributed by atoms with Crippen LogP contribution in [-0.4, -0.2) is 14.9 Å². The molecule has 72 valence electrons. The maximum atomic E-state index is 10.6. The molecule has 7 heteroatoms. The zero-order valence-electron chi connectivity index (χ0n) is 6.82. The maximum absolute atomic E-state index is 10.6. The highest BCUT2D eigenvalue weighted by Gasteiger charge is 2.14. The summed E-state index contributed by atoms with van der Waals surface area (Å²) in [6, 6.07) is 2.95. The van der Waals surface area contributed by atoms with Crippen molar-refractivity contribution in [3.63, 3.8) is 0 Å². The van der Waals surface area contributed by atoms with Crippen LogP contribution in [0.3, 0.4) is 0 Å². The number of fused-ring (bicyclic) bond motifs is 1. The number of halogens is 1. The lowest BCUT2D eigenvalue weighted by Crippen LogP contribution is -1.89. The van der Waals surface area contributed by atoms with Gasteiger partial charge in [0.05, 0.1) is 20.4 Å². The Morgan fingerprint density at radius 1 is 1.57 bits per heavy atom. The molecule has 0 atom stereocenters. The Balaban J connectivity index is 2.76. The number of anilines is 1. The van der Waals surface area contributed by atoms with Crippen LogP contribution in [-0.2, 0) is 0 Å². The van der Waals surface area contributed by atoms with E-state index in [0.717, 1.165) is 0 Å². The molecule has 0 saturated carbocycles. The number of aromatic amines is 1. The second-order valence-electron chi connectivity index (χ2n) is 2.70. The van der Waals surface area contributed by atoms with Crippen LogP contribution in [0.1, 0.15) is 0 Å². The first kappa shape index (κ1) is 8.95. The van der Waals surface area contributed by atoms with Gasteiger partial charge in [0, 0.05) is 6.07 Å². The number of nitrogens with two attached hydrogens (primary N) is 1. The monoisotopic (exact) mass is 256 g/mol. The highest BCUT2D eigenvalue weighted by atomic mass is 79.9. The number of nitro benzene ring substituents is 1. The van der Waals surface area contributed by atoms with Crippen molar-refractivity contribution in [2.45, 2.75) is 0 Å². The van der Waals surface area contributed by atoms with Gasteiger partial charge in [-0.2, -0.15) is 0 Å². The van der Waals surface area contributed by atoms with Crippen molar-refractivity contribution >= 4 is 38.6 Å². The molecular weight excluding hydrogens is 252 g/mol. The zero-order chi connectivity index (χ0) is 10.3. The predicted molar refractivity (Wildman–Crippen MR) is 54.9 cm³/mol. The molecule has 0 aliphatic carbocycles. The average molecular weight is 257 g/mol. The Morgan fingerprint density at radius 2 is 2.29 bits per heavy atom. The Labute approximate surface area is 86.4 Å². The van der Waals surface area contributed by atoms with Crippen LogP contribution < -0.4 is 5.73 Å². The van der Waals surface area contributed by atoms with Crippen molar-refractivity contribution in [1.82, 2.24) is 9.97 Å². The summed E-state index contributed by atoms with van der Waals surface area (Å²) in [5.74, 6) is 0.243. The number of nitrogens with one attached hydrogen (secondary N) is 1. The molecule has 0 saturated heterocycles. The molecule has 0 amide bonds. The normalized spacial score (nSPS) is 10.6. The fourth-order valence-electron chi connectivity index (χ4n) is 1.18. The van der Waals surface area contributed by atoms with E-state index in [2.05, 4.69) is 25.9 Å². The fourth-order valence-corrected chi connectivity index (χ4v) is 1.66. The van der Waals surface area contributed by atoms with Crippen LogP contribution >= 0.6 is 15.9 Å². The second kappa shape index (κ2) is 2.95. The van der Waals surface area contributed by atoms with E-state index >= 15 is 0 Å².